The zero-order valence-corrected chi connectivity index (χ0v) is 12.1. The molecule has 0 spiro atoms. The Bertz CT molecular complexity index is 412. The Labute approximate surface area is 122 Å². The van der Waals surface area contributed by atoms with Gasteiger partial charge in [0.1, 0.15) is 5.88 Å². The molecule has 0 aromatic heterocycles. The van der Waals surface area contributed by atoms with Gasteiger partial charge < -0.3 is 10.6 Å². The third kappa shape index (κ3) is 4.32. The quantitative estimate of drug-likeness (QED) is 0.647. The molecule has 0 heterocycles. The summed E-state index contributed by atoms with van der Waals surface area (Å²) < 4.78 is 0. The van der Waals surface area contributed by atoms with Gasteiger partial charge in [-0.2, -0.15) is 0 Å². The lowest BCUT2D eigenvalue weighted by atomic mass is 10.2. The molecule has 0 bridgehead atoms. The summed E-state index contributed by atoms with van der Waals surface area (Å²) in [6, 6.07) is 5.08. The van der Waals surface area contributed by atoms with Crippen LogP contribution in [0.3, 0.4) is 0 Å². The highest BCUT2D eigenvalue weighted by Gasteiger charge is 2.15. The second-order valence-corrected chi connectivity index (χ2v) is 4.85. The Balaban J connectivity index is 2.87. The van der Waals surface area contributed by atoms with Crippen LogP contribution in [-0.2, 0) is 4.79 Å². The number of benzene rings is 1. The van der Waals surface area contributed by atoms with Crippen molar-refractivity contribution in [3.05, 3.63) is 28.2 Å². The molecule has 0 unspecified atom stereocenters. The largest absolute Gasteiger partial charge is 0.330 e. The normalized spacial score (nSPS) is 10.4. The summed E-state index contributed by atoms with van der Waals surface area (Å²) in [5.74, 6) is -0.227. The fourth-order valence-electron chi connectivity index (χ4n) is 1.54. The van der Waals surface area contributed by atoms with Gasteiger partial charge in [0.15, 0.2) is 0 Å². The van der Waals surface area contributed by atoms with Crippen LogP contribution in [0.2, 0.25) is 10.0 Å². The summed E-state index contributed by atoms with van der Waals surface area (Å²) in [5, 5.41) is 0.876. The van der Waals surface area contributed by atoms with Crippen LogP contribution in [0.4, 0.5) is 5.69 Å². The first-order chi connectivity index (χ1) is 8.60. The number of halogens is 3. The van der Waals surface area contributed by atoms with E-state index in [9.17, 15) is 4.79 Å². The van der Waals surface area contributed by atoms with Crippen LogP contribution < -0.4 is 10.6 Å². The van der Waals surface area contributed by atoms with Crippen molar-refractivity contribution >= 4 is 46.4 Å². The highest BCUT2D eigenvalue weighted by atomic mass is 35.5. The van der Waals surface area contributed by atoms with Crippen molar-refractivity contribution in [1.29, 1.82) is 0 Å². The van der Waals surface area contributed by atoms with Crippen molar-refractivity contribution in [2.24, 2.45) is 5.73 Å². The lowest BCUT2D eigenvalue weighted by molar-refractivity contribution is -0.116. The van der Waals surface area contributed by atoms with Gasteiger partial charge in [-0.15, -0.1) is 11.6 Å². The summed E-state index contributed by atoms with van der Waals surface area (Å²) in [6.07, 6.45) is 1.67. The molecule has 6 heteroatoms. The molecular formula is C12H15Cl3N2O. The average molecular weight is 310 g/mol. The van der Waals surface area contributed by atoms with Crippen LogP contribution in [0.1, 0.15) is 12.8 Å². The zero-order chi connectivity index (χ0) is 13.5. The van der Waals surface area contributed by atoms with Gasteiger partial charge in [0, 0.05) is 12.2 Å². The van der Waals surface area contributed by atoms with E-state index in [0.29, 0.717) is 28.8 Å². The fraction of sp³-hybridized carbons (Fsp3) is 0.417. The molecule has 2 N–H and O–H groups in total. The Kier molecular flexibility index (Phi) is 6.79. The molecule has 1 aromatic carbocycles. The van der Waals surface area contributed by atoms with Crippen LogP contribution in [0.5, 0.6) is 0 Å². The van der Waals surface area contributed by atoms with E-state index in [0.717, 1.165) is 12.8 Å². The van der Waals surface area contributed by atoms with Gasteiger partial charge in [0.05, 0.1) is 10.0 Å². The van der Waals surface area contributed by atoms with Crippen molar-refractivity contribution < 1.29 is 4.79 Å². The monoisotopic (exact) mass is 308 g/mol. The van der Waals surface area contributed by atoms with Gasteiger partial charge in [0.25, 0.3) is 0 Å². The minimum atomic E-state index is -0.160. The van der Waals surface area contributed by atoms with Crippen molar-refractivity contribution in [2.45, 2.75) is 12.8 Å². The van der Waals surface area contributed by atoms with Crippen LogP contribution in [0.15, 0.2) is 18.2 Å². The standard InChI is InChI=1S/C12H15Cl3N2O/c13-8-12(18)17(6-2-1-5-16)9-3-4-10(14)11(15)7-9/h3-4,7H,1-2,5-6,8,16H2. The summed E-state index contributed by atoms with van der Waals surface area (Å²) in [7, 11) is 0. The molecule has 0 radical (unpaired) electrons. The first-order valence-electron chi connectivity index (χ1n) is 5.61. The SMILES string of the molecule is NCCCCN(C(=O)CCl)c1ccc(Cl)c(Cl)c1. The number of carbonyl (C=O) groups is 1. The third-order valence-corrected chi connectivity index (χ3v) is 3.43. The highest BCUT2D eigenvalue weighted by molar-refractivity contribution is 6.42. The lowest BCUT2D eigenvalue weighted by Crippen LogP contribution is -2.33. The summed E-state index contributed by atoms with van der Waals surface area (Å²) in [6.45, 7) is 1.17. The van der Waals surface area contributed by atoms with Crippen molar-refractivity contribution in [3.63, 3.8) is 0 Å². The molecule has 100 valence electrons. The summed E-state index contributed by atoms with van der Waals surface area (Å²) in [4.78, 5) is 13.4. The molecule has 3 nitrogen and oxygen atoms in total. The smallest absolute Gasteiger partial charge is 0.241 e. The minimum Gasteiger partial charge on any atom is -0.330 e. The summed E-state index contributed by atoms with van der Waals surface area (Å²) >= 11 is 17.4. The minimum absolute atomic E-state index is 0.0666. The number of amides is 1. The van der Waals surface area contributed by atoms with Crippen molar-refractivity contribution in [3.8, 4) is 0 Å². The van der Waals surface area contributed by atoms with Crippen LogP contribution in [-0.4, -0.2) is 24.9 Å². The van der Waals surface area contributed by atoms with Gasteiger partial charge in [-0.1, -0.05) is 23.2 Å². The van der Waals surface area contributed by atoms with E-state index in [2.05, 4.69) is 0 Å². The van der Waals surface area contributed by atoms with E-state index in [1.165, 1.54) is 0 Å². The van der Waals surface area contributed by atoms with Gasteiger partial charge in [-0.05, 0) is 37.6 Å². The predicted molar refractivity (Wildman–Crippen MR) is 77.8 cm³/mol. The molecule has 1 rings (SSSR count). The number of carbonyl (C=O) groups excluding carboxylic acids is 1. The van der Waals surface area contributed by atoms with E-state index in [-0.39, 0.29) is 11.8 Å². The molecule has 0 aliphatic heterocycles. The second-order valence-electron chi connectivity index (χ2n) is 3.77. The molecular weight excluding hydrogens is 295 g/mol. The Hall–Kier alpha value is -0.480. The first kappa shape index (κ1) is 15.6. The summed E-state index contributed by atoms with van der Waals surface area (Å²) in [5.41, 5.74) is 6.14. The maximum absolute atomic E-state index is 11.8. The molecule has 1 amide bonds. The number of alkyl halides is 1. The molecule has 0 aliphatic carbocycles. The van der Waals surface area contributed by atoms with Gasteiger partial charge in [0.2, 0.25) is 5.91 Å². The predicted octanol–water partition coefficient (Wildman–Crippen LogP) is 3.30. The van der Waals surface area contributed by atoms with Gasteiger partial charge in [-0.3, -0.25) is 4.79 Å². The van der Waals surface area contributed by atoms with Gasteiger partial charge >= 0.3 is 0 Å². The maximum Gasteiger partial charge on any atom is 0.241 e. The number of rotatable bonds is 6. The maximum atomic E-state index is 11.8. The first-order valence-corrected chi connectivity index (χ1v) is 6.90. The average Bonchev–Trinajstić information content (AvgIpc) is 2.37. The number of unbranched alkanes of at least 4 members (excludes halogenated alkanes) is 1. The number of hydrogen-bond acceptors (Lipinski definition) is 2. The molecule has 0 fully saturated rings. The van der Waals surface area contributed by atoms with E-state index in [1.807, 2.05) is 0 Å². The zero-order valence-electron chi connectivity index (χ0n) is 9.83. The van der Waals surface area contributed by atoms with E-state index in [1.54, 1.807) is 23.1 Å². The van der Waals surface area contributed by atoms with E-state index in [4.69, 9.17) is 40.5 Å². The number of anilines is 1. The molecule has 1 aromatic rings. The fourth-order valence-corrected chi connectivity index (χ4v) is 1.97. The van der Waals surface area contributed by atoms with Crippen LogP contribution in [0.25, 0.3) is 0 Å². The number of nitrogens with two attached hydrogens (primary N) is 1. The van der Waals surface area contributed by atoms with Crippen LogP contribution in [0, 0.1) is 0 Å². The number of hydrogen-bond donors (Lipinski definition) is 1. The third-order valence-electron chi connectivity index (χ3n) is 2.47. The molecule has 18 heavy (non-hydrogen) atoms. The Morgan fingerprint density at radius 1 is 1.22 bits per heavy atom. The van der Waals surface area contributed by atoms with E-state index >= 15 is 0 Å². The topological polar surface area (TPSA) is 46.3 Å². The van der Waals surface area contributed by atoms with E-state index < -0.39 is 0 Å². The highest BCUT2D eigenvalue weighted by Crippen LogP contribution is 2.27. The Morgan fingerprint density at radius 2 is 1.94 bits per heavy atom. The lowest BCUT2D eigenvalue weighted by Gasteiger charge is -2.22. The Morgan fingerprint density at radius 3 is 2.50 bits per heavy atom. The molecule has 0 atom stereocenters. The van der Waals surface area contributed by atoms with Crippen molar-refractivity contribution in [1.82, 2.24) is 0 Å². The molecule has 0 saturated heterocycles. The second kappa shape index (κ2) is 7.85. The number of nitrogens with zero attached hydrogens (tertiary/aromatic N) is 1. The molecule has 0 saturated carbocycles. The van der Waals surface area contributed by atoms with Crippen molar-refractivity contribution in [2.75, 3.05) is 23.9 Å². The molecule has 0 aliphatic rings. The van der Waals surface area contributed by atoms with Crippen LogP contribution >= 0.6 is 34.8 Å². The van der Waals surface area contributed by atoms with Gasteiger partial charge in [-0.25, -0.2) is 0 Å².